The third kappa shape index (κ3) is 4.67. The molecule has 0 aliphatic carbocycles. The van der Waals surface area contributed by atoms with Gasteiger partial charge in [0.15, 0.2) is 12.5 Å². The van der Waals surface area contributed by atoms with Crippen LogP contribution in [0.3, 0.4) is 0 Å². The number of rotatable bonds is 7. The molecule has 2 aliphatic rings. The van der Waals surface area contributed by atoms with Crippen LogP contribution in [0.1, 0.15) is 18.9 Å². The molecule has 2 aromatic heterocycles. The highest BCUT2D eigenvalue weighted by atomic mass is 33.1. The Morgan fingerprint density at radius 3 is 2.41 bits per heavy atom. The van der Waals surface area contributed by atoms with E-state index in [1.807, 2.05) is 0 Å². The van der Waals surface area contributed by atoms with Crippen molar-refractivity contribution in [2.24, 2.45) is 11.5 Å². The van der Waals surface area contributed by atoms with E-state index in [9.17, 15) is 29.4 Å². The number of aliphatic hydroxyl groups is 2. The number of hydrogen-bond donors (Lipinski definition) is 5. The molecule has 0 aromatic carbocycles. The summed E-state index contributed by atoms with van der Waals surface area (Å²) in [5.41, 5.74) is 9.76. The van der Waals surface area contributed by atoms with Crippen LogP contribution in [0.15, 0.2) is 43.7 Å². The van der Waals surface area contributed by atoms with Gasteiger partial charge in [-0.1, -0.05) is 10.8 Å². The molecule has 14 nitrogen and oxygen atoms in total. The van der Waals surface area contributed by atoms with Gasteiger partial charge in [0, 0.05) is 35.5 Å². The Hall–Kier alpha value is -2.18. The minimum atomic E-state index is -0.982. The van der Waals surface area contributed by atoms with Crippen LogP contribution in [0.2, 0.25) is 0 Å². The van der Waals surface area contributed by atoms with E-state index in [0.29, 0.717) is 6.42 Å². The molecule has 2 aliphatic heterocycles. The molecule has 4 heterocycles. The van der Waals surface area contributed by atoms with Gasteiger partial charge in [-0.15, -0.1) is 0 Å². The summed E-state index contributed by atoms with van der Waals surface area (Å²) in [5.74, 6) is 0. The second-order valence-electron chi connectivity index (χ2n) is 7.85. The molecule has 0 amide bonds. The molecule has 7 N–H and O–H groups in total. The van der Waals surface area contributed by atoms with Gasteiger partial charge < -0.3 is 31.2 Å². The normalized spacial score (nSPS) is 31.2. The van der Waals surface area contributed by atoms with Crippen LogP contribution in [-0.2, 0) is 9.47 Å². The van der Waals surface area contributed by atoms with Crippen molar-refractivity contribution in [1.82, 2.24) is 18.1 Å². The third-order valence-corrected chi connectivity index (χ3v) is 8.39. The molecule has 186 valence electrons. The zero-order chi connectivity index (χ0) is 24.6. The fourth-order valence-electron chi connectivity index (χ4n) is 3.90. The summed E-state index contributed by atoms with van der Waals surface area (Å²) in [4.78, 5) is 51.0. The van der Waals surface area contributed by atoms with E-state index >= 15 is 0 Å². The summed E-state index contributed by atoms with van der Waals surface area (Å²) >= 11 is 0. The van der Waals surface area contributed by atoms with Gasteiger partial charge >= 0.3 is 11.4 Å². The summed E-state index contributed by atoms with van der Waals surface area (Å²) in [6, 6.07) is 0.959. The highest BCUT2D eigenvalue weighted by Gasteiger charge is 2.44. The van der Waals surface area contributed by atoms with Gasteiger partial charge in [-0.25, -0.2) is 9.59 Å². The summed E-state index contributed by atoms with van der Waals surface area (Å²) in [6.07, 6.45) is -0.269. The van der Waals surface area contributed by atoms with Crippen molar-refractivity contribution in [3.8, 4) is 0 Å². The monoisotopic (exact) mass is 516 g/mol. The van der Waals surface area contributed by atoms with Crippen LogP contribution < -0.4 is 34.0 Å². The molecule has 2 saturated heterocycles. The Balaban J connectivity index is 1.56. The largest absolute Gasteiger partial charge is 0.394 e. The van der Waals surface area contributed by atoms with E-state index in [1.54, 1.807) is 0 Å². The van der Waals surface area contributed by atoms with E-state index in [-0.39, 0.29) is 6.61 Å². The van der Waals surface area contributed by atoms with Gasteiger partial charge in [-0.2, -0.15) is 3.97 Å². The summed E-state index contributed by atoms with van der Waals surface area (Å²) < 4.78 is 14.6. The molecule has 0 bridgehead atoms. The fourth-order valence-corrected chi connectivity index (χ4v) is 6.64. The standard InChI is InChI=1S/C18H24N6O8S2/c19-9-5-8(6-25)31-15(9)23-4-2-12(28)24(18(23)30)34-33-14-10(7-26)32-16(13(14)20)22-3-1-11(27)21-17(22)29/h1-4,8-10,13-16,25-26H,5-7,19-20H2,(H,21,27,29)/t8-,9+,10+,13+,14+,15+,16+/m0/s1. The molecule has 0 unspecified atom stereocenters. The van der Waals surface area contributed by atoms with Gasteiger partial charge in [0.05, 0.1) is 42.8 Å². The van der Waals surface area contributed by atoms with Crippen LogP contribution in [0.4, 0.5) is 0 Å². The van der Waals surface area contributed by atoms with Crippen molar-refractivity contribution >= 4 is 21.8 Å². The SMILES string of the molecule is N[C@@H]1[C@H](SSn2c(=O)ccn([C@@H]3O[C@H](CO)C[C@H]3N)c2=O)[C@@H](CO)O[C@H]1n1ccc(=O)[nH]c1=O. The van der Waals surface area contributed by atoms with Crippen LogP contribution in [0.25, 0.3) is 0 Å². The number of nitrogens with zero attached hydrogens (tertiary/aromatic N) is 3. The topological polar surface area (TPSA) is 210 Å². The lowest BCUT2D eigenvalue weighted by atomic mass is 10.1. The molecule has 0 saturated carbocycles. The maximum atomic E-state index is 13.0. The summed E-state index contributed by atoms with van der Waals surface area (Å²) in [6.45, 7) is -0.674. The smallest absolute Gasteiger partial charge is 0.344 e. The quantitative estimate of drug-likeness (QED) is 0.232. The van der Waals surface area contributed by atoms with E-state index in [1.165, 1.54) is 23.0 Å². The highest BCUT2D eigenvalue weighted by molar-refractivity contribution is 8.76. The first-order valence-corrected chi connectivity index (χ1v) is 12.5. The van der Waals surface area contributed by atoms with E-state index in [0.717, 1.165) is 36.4 Å². The van der Waals surface area contributed by atoms with Gasteiger partial charge in [-0.3, -0.25) is 23.7 Å². The first-order chi connectivity index (χ1) is 16.2. The van der Waals surface area contributed by atoms with Gasteiger partial charge in [0.25, 0.3) is 11.1 Å². The van der Waals surface area contributed by atoms with E-state index in [2.05, 4.69) is 4.98 Å². The highest BCUT2D eigenvalue weighted by Crippen LogP contribution is 2.40. The number of aromatic nitrogens is 4. The lowest BCUT2D eigenvalue weighted by Crippen LogP contribution is -2.43. The molecule has 4 rings (SSSR count). The molecule has 2 aromatic rings. The zero-order valence-electron chi connectivity index (χ0n) is 17.6. The molecular formula is C18H24N6O8S2. The van der Waals surface area contributed by atoms with Crippen molar-refractivity contribution in [3.63, 3.8) is 0 Å². The zero-order valence-corrected chi connectivity index (χ0v) is 19.3. The molecular weight excluding hydrogens is 492 g/mol. The molecule has 7 atom stereocenters. The lowest BCUT2D eigenvalue weighted by molar-refractivity contribution is -0.0281. The Morgan fingerprint density at radius 2 is 1.76 bits per heavy atom. The number of nitrogens with two attached hydrogens (primary N) is 2. The second-order valence-corrected chi connectivity index (χ2v) is 10.1. The Kier molecular flexibility index (Phi) is 7.48. The van der Waals surface area contributed by atoms with Crippen molar-refractivity contribution < 1.29 is 19.7 Å². The van der Waals surface area contributed by atoms with Gasteiger partial charge in [0.1, 0.15) is 0 Å². The van der Waals surface area contributed by atoms with Crippen molar-refractivity contribution in [1.29, 1.82) is 0 Å². The maximum absolute atomic E-state index is 13.0. The maximum Gasteiger partial charge on any atom is 0.344 e. The number of H-pyrrole nitrogens is 1. The number of aromatic amines is 1. The molecule has 34 heavy (non-hydrogen) atoms. The van der Waals surface area contributed by atoms with Gasteiger partial charge in [-0.05, 0) is 6.42 Å². The van der Waals surface area contributed by atoms with Gasteiger partial charge in [0.2, 0.25) is 0 Å². The summed E-state index contributed by atoms with van der Waals surface area (Å²) in [5, 5.41) is 18.5. The van der Waals surface area contributed by atoms with E-state index < -0.39 is 71.1 Å². The third-order valence-electron chi connectivity index (χ3n) is 5.61. The minimum absolute atomic E-state index is 0.245. The van der Waals surface area contributed by atoms with Crippen molar-refractivity contribution in [3.05, 3.63) is 66.2 Å². The minimum Gasteiger partial charge on any atom is -0.394 e. The molecule has 2 fully saturated rings. The van der Waals surface area contributed by atoms with Crippen LogP contribution in [0, 0.1) is 0 Å². The molecule has 0 radical (unpaired) electrons. The van der Waals surface area contributed by atoms with Crippen LogP contribution in [-0.4, -0.2) is 71.1 Å². The predicted octanol–water partition coefficient (Wildman–Crippen LogP) is -3.10. The Morgan fingerprint density at radius 1 is 1.03 bits per heavy atom. The Bertz CT molecular complexity index is 1260. The fraction of sp³-hybridized carbons (Fsp3) is 0.556. The second kappa shape index (κ2) is 10.2. The van der Waals surface area contributed by atoms with Crippen LogP contribution in [0.5, 0.6) is 0 Å². The average Bonchev–Trinajstić information content (AvgIpc) is 3.33. The number of ether oxygens (including phenoxy) is 2. The summed E-state index contributed by atoms with van der Waals surface area (Å²) in [7, 11) is 1.83. The predicted molar refractivity (Wildman–Crippen MR) is 123 cm³/mol. The average molecular weight is 517 g/mol. The van der Waals surface area contributed by atoms with E-state index in [4.69, 9.17) is 20.9 Å². The van der Waals surface area contributed by atoms with Crippen molar-refractivity contribution in [2.75, 3.05) is 13.2 Å². The number of hydrogen-bond acceptors (Lipinski definition) is 12. The molecule has 16 heteroatoms. The van der Waals surface area contributed by atoms with Crippen molar-refractivity contribution in [2.45, 2.75) is 48.4 Å². The van der Waals surface area contributed by atoms with Crippen LogP contribution >= 0.6 is 21.8 Å². The number of aliphatic hydroxyl groups excluding tert-OH is 2. The number of nitrogens with one attached hydrogen (secondary N) is 1. The lowest BCUT2D eigenvalue weighted by Gasteiger charge is -2.21. The first-order valence-electron chi connectivity index (χ1n) is 10.3. The first kappa shape index (κ1) is 24.9. The Labute approximate surface area is 199 Å². The molecule has 0 spiro atoms.